The van der Waals surface area contributed by atoms with Gasteiger partial charge in [0.05, 0.1) is 25.2 Å². The minimum Gasteiger partial charge on any atom is -0.493 e. The molecule has 3 N–H and O–H groups in total. The van der Waals surface area contributed by atoms with Gasteiger partial charge in [-0.15, -0.1) is 0 Å². The first-order chi connectivity index (χ1) is 17.2. The van der Waals surface area contributed by atoms with Crippen LogP contribution in [-0.2, 0) is 6.42 Å². The number of pyridine rings is 1. The van der Waals surface area contributed by atoms with Crippen LogP contribution < -0.4 is 20.5 Å². The highest BCUT2D eigenvalue weighted by Crippen LogP contribution is 2.34. The number of methoxy groups -OCH3 is 2. The molecule has 7 heteroatoms. The summed E-state index contributed by atoms with van der Waals surface area (Å²) in [7, 11) is 3.32. The van der Waals surface area contributed by atoms with Crippen LogP contribution in [0.1, 0.15) is 49.9 Å². The molecule has 0 radical (unpaired) electrons. The highest BCUT2D eigenvalue weighted by atomic mass is 32.1. The van der Waals surface area contributed by atoms with Gasteiger partial charge in [-0.2, -0.15) is 0 Å². The average molecular weight is 511 g/mol. The van der Waals surface area contributed by atoms with E-state index < -0.39 is 0 Å². The molecule has 0 atom stereocenters. The van der Waals surface area contributed by atoms with E-state index in [-0.39, 0.29) is 0 Å². The summed E-state index contributed by atoms with van der Waals surface area (Å²) in [5.41, 5.74) is 12.9. The summed E-state index contributed by atoms with van der Waals surface area (Å²) in [6.07, 6.45) is 2.72. The van der Waals surface area contributed by atoms with E-state index in [2.05, 4.69) is 92.9 Å². The van der Waals surface area contributed by atoms with E-state index in [9.17, 15) is 0 Å². The normalized spacial score (nSPS) is 11.0. The Balaban J connectivity index is 0.00000145. The van der Waals surface area contributed by atoms with Crippen LogP contribution >= 0.6 is 12.2 Å². The van der Waals surface area contributed by atoms with Crippen molar-refractivity contribution in [3.63, 3.8) is 0 Å². The molecular formula is C29H42N4O2S. The number of aromatic nitrogens is 1. The predicted octanol–water partition coefficient (Wildman–Crippen LogP) is 5.89. The number of nitrogens with one attached hydrogen (secondary N) is 1. The first kappa shape index (κ1) is 29.3. The van der Waals surface area contributed by atoms with Crippen molar-refractivity contribution in [3.05, 3.63) is 58.8 Å². The van der Waals surface area contributed by atoms with Crippen LogP contribution in [0.15, 0.2) is 36.5 Å². The molecule has 2 aromatic carbocycles. The van der Waals surface area contributed by atoms with Crippen molar-refractivity contribution in [3.8, 4) is 11.5 Å². The first-order valence-electron chi connectivity index (χ1n) is 12.4. The van der Waals surface area contributed by atoms with Crippen LogP contribution in [0.4, 0.5) is 5.69 Å². The van der Waals surface area contributed by atoms with Crippen molar-refractivity contribution in [2.45, 2.75) is 60.0 Å². The Hall–Kier alpha value is -2.90. The number of fused-ring (bicyclic) bond motifs is 1. The van der Waals surface area contributed by atoms with E-state index in [0.717, 1.165) is 41.7 Å². The fourth-order valence-electron chi connectivity index (χ4n) is 4.58. The Morgan fingerprint density at radius 2 is 1.58 bits per heavy atom. The van der Waals surface area contributed by atoms with Gasteiger partial charge >= 0.3 is 0 Å². The highest BCUT2D eigenvalue weighted by Gasteiger charge is 2.14. The van der Waals surface area contributed by atoms with Gasteiger partial charge in [0.25, 0.3) is 0 Å². The van der Waals surface area contributed by atoms with Gasteiger partial charge in [-0.1, -0.05) is 18.3 Å². The molecule has 0 spiro atoms. The number of benzene rings is 2. The second-order valence-electron chi connectivity index (χ2n) is 9.38. The Kier molecular flexibility index (Phi) is 11.4. The van der Waals surface area contributed by atoms with Crippen LogP contribution in [0.25, 0.3) is 10.9 Å². The number of thiocarbonyl (C=S) groups is 1. The Labute approximate surface area is 222 Å². The molecule has 0 fully saturated rings. The molecule has 0 aliphatic carbocycles. The molecule has 36 heavy (non-hydrogen) atoms. The number of anilines is 1. The van der Waals surface area contributed by atoms with Crippen molar-refractivity contribution in [2.24, 2.45) is 5.73 Å². The molecule has 3 rings (SSSR count). The third-order valence-corrected chi connectivity index (χ3v) is 6.63. The number of nitrogens with two attached hydrogens (primary N) is 1. The maximum Gasteiger partial charge on any atom is 0.162 e. The minimum atomic E-state index is 0.547. The maximum absolute atomic E-state index is 5.53. The van der Waals surface area contributed by atoms with Crippen LogP contribution in [-0.4, -0.2) is 54.8 Å². The van der Waals surface area contributed by atoms with Gasteiger partial charge in [0.1, 0.15) is 0 Å². The second kappa shape index (κ2) is 14.0. The molecule has 0 unspecified atom stereocenters. The smallest absolute Gasteiger partial charge is 0.162 e. The highest BCUT2D eigenvalue weighted by molar-refractivity contribution is 7.78. The van der Waals surface area contributed by atoms with Gasteiger partial charge in [0, 0.05) is 48.5 Å². The fraction of sp³-hybridized carbons (Fsp3) is 0.448. The summed E-state index contributed by atoms with van der Waals surface area (Å²) in [4.78, 5) is 7.06. The second-order valence-corrected chi connectivity index (χ2v) is 9.65. The number of ether oxygens (including phenoxy) is 2. The van der Waals surface area contributed by atoms with Crippen molar-refractivity contribution in [2.75, 3.05) is 32.6 Å². The Morgan fingerprint density at radius 1 is 0.972 bits per heavy atom. The van der Waals surface area contributed by atoms with E-state index >= 15 is 0 Å². The van der Waals surface area contributed by atoms with Gasteiger partial charge in [0.2, 0.25) is 0 Å². The molecule has 1 aromatic heterocycles. The number of hydrogen-bond donors (Lipinski definition) is 2. The lowest BCUT2D eigenvalue weighted by molar-refractivity contribution is 0.182. The quantitative estimate of drug-likeness (QED) is 0.329. The molecular weight excluding hydrogens is 468 g/mol. The van der Waals surface area contributed by atoms with Crippen molar-refractivity contribution in [1.82, 2.24) is 9.88 Å². The largest absolute Gasteiger partial charge is 0.493 e. The lowest BCUT2D eigenvalue weighted by Gasteiger charge is -2.30. The van der Waals surface area contributed by atoms with Gasteiger partial charge < -0.3 is 20.5 Å². The van der Waals surface area contributed by atoms with Crippen LogP contribution in [0.3, 0.4) is 0 Å². The minimum absolute atomic E-state index is 0.547. The van der Waals surface area contributed by atoms with E-state index in [4.69, 9.17) is 9.47 Å². The standard InChI is InChI=1S/C28H39N3O2.CH3NS/c1-18(2)31(19(3)4)14-13-30-25-10-9-22(20(5)21(25)6)15-23-11-12-29-26-17-28(33-8)27(32-7)16-24(23)26;2-1-3/h9-12,16-19,30H,13-15H2,1-8H3;1H,(H2,2,3). The van der Waals surface area contributed by atoms with Crippen LogP contribution in [0.5, 0.6) is 11.5 Å². The van der Waals surface area contributed by atoms with Crippen molar-refractivity contribution >= 4 is 34.3 Å². The number of nitrogens with zero attached hydrogens (tertiary/aromatic N) is 2. The lowest BCUT2D eigenvalue weighted by Crippen LogP contribution is -2.40. The topological polar surface area (TPSA) is 72.6 Å². The summed E-state index contributed by atoms with van der Waals surface area (Å²) in [5.74, 6) is 1.43. The van der Waals surface area contributed by atoms with Gasteiger partial charge in [-0.3, -0.25) is 9.88 Å². The van der Waals surface area contributed by atoms with Gasteiger partial charge in [-0.25, -0.2) is 0 Å². The molecule has 196 valence electrons. The Bertz CT molecular complexity index is 1140. The zero-order chi connectivity index (χ0) is 26.8. The zero-order valence-corrected chi connectivity index (χ0v) is 23.8. The average Bonchev–Trinajstić information content (AvgIpc) is 2.85. The molecule has 3 aromatic rings. The molecule has 0 saturated carbocycles. The third-order valence-electron chi connectivity index (χ3n) is 6.63. The Morgan fingerprint density at radius 3 is 2.17 bits per heavy atom. The van der Waals surface area contributed by atoms with Gasteiger partial charge in [-0.05, 0) is 88.4 Å². The summed E-state index contributed by atoms with van der Waals surface area (Å²) in [6.45, 7) is 15.4. The lowest BCUT2D eigenvalue weighted by atomic mass is 9.94. The number of hydrogen-bond acceptors (Lipinski definition) is 6. The van der Waals surface area contributed by atoms with E-state index in [1.807, 2.05) is 18.3 Å². The molecule has 6 nitrogen and oxygen atoms in total. The number of rotatable bonds is 10. The molecule has 0 saturated heterocycles. The molecule has 0 amide bonds. The van der Waals surface area contributed by atoms with Gasteiger partial charge in [0.15, 0.2) is 11.5 Å². The molecule has 0 aliphatic rings. The summed E-state index contributed by atoms with van der Waals surface area (Å²) >= 11 is 4.05. The van der Waals surface area contributed by atoms with Crippen LogP contribution in [0, 0.1) is 13.8 Å². The SMILES string of the molecule is COc1cc2nccc(Cc3ccc(NCCN(C(C)C)C(C)C)c(C)c3C)c2cc1OC.NC=S. The third kappa shape index (κ3) is 7.31. The molecule has 0 bridgehead atoms. The summed E-state index contributed by atoms with van der Waals surface area (Å²) in [6, 6.07) is 11.6. The van der Waals surface area contributed by atoms with E-state index in [1.54, 1.807) is 14.2 Å². The van der Waals surface area contributed by atoms with Crippen molar-refractivity contribution in [1.29, 1.82) is 0 Å². The van der Waals surface area contributed by atoms with Crippen molar-refractivity contribution < 1.29 is 9.47 Å². The zero-order valence-electron chi connectivity index (χ0n) is 23.0. The van der Waals surface area contributed by atoms with E-state index in [1.165, 1.54) is 27.9 Å². The van der Waals surface area contributed by atoms with Crippen LogP contribution in [0.2, 0.25) is 0 Å². The first-order valence-corrected chi connectivity index (χ1v) is 12.9. The fourth-order valence-corrected chi connectivity index (χ4v) is 4.58. The predicted molar refractivity (Wildman–Crippen MR) is 157 cm³/mol. The molecule has 1 heterocycles. The maximum atomic E-state index is 5.53. The summed E-state index contributed by atoms with van der Waals surface area (Å²) in [5, 5.41) is 4.75. The monoisotopic (exact) mass is 510 g/mol. The van der Waals surface area contributed by atoms with E-state index in [0.29, 0.717) is 17.8 Å². The summed E-state index contributed by atoms with van der Waals surface area (Å²) < 4.78 is 11.0. The molecule has 0 aliphatic heterocycles.